The molecule has 2 aromatic rings. The van der Waals surface area contributed by atoms with Gasteiger partial charge in [-0.3, -0.25) is 9.59 Å². The summed E-state index contributed by atoms with van der Waals surface area (Å²) in [6, 6.07) is 7.19. The number of hydrogen-bond acceptors (Lipinski definition) is 8. The van der Waals surface area contributed by atoms with Gasteiger partial charge in [0.1, 0.15) is 12.1 Å². The van der Waals surface area contributed by atoms with Crippen LogP contribution in [-0.2, 0) is 19.1 Å². The first-order valence-electron chi connectivity index (χ1n) is 15.3. The molecule has 1 aliphatic carbocycles. The fourth-order valence-corrected chi connectivity index (χ4v) is 8.08. The van der Waals surface area contributed by atoms with Crippen molar-refractivity contribution in [3.63, 3.8) is 0 Å². The van der Waals surface area contributed by atoms with Crippen LogP contribution in [0.1, 0.15) is 72.3 Å². The number of thiophene rings is 1. The number of phenols is 1. The number of amides is 2. The third-order valence-corrected chi connectivity index (χ3v) is 12.0. The summed E-state index contributed by atoms with van der Waals surface area (Å²) in [7, 11) is 1.45. The van der Waals surface area contributed by atoms with Crippen molar-refractivity contribution in [3.05, 3.63) is 47.4 Å². The van der Waals surface area contributed by atoms with Gasteiger partial charge in [-0.05, 0) is 91.0 Å². The molecule has 4 unspecified atom stereocenters. The molecule has 0 spiro atoms. The number of esters is 1. The lowest BCUT2D eigenvalue weighted by Gasteiger charge is -2.40. The number of ether oxygens (including phenoxy) is 2. The Hall–Kier alpha value is -2.98. The zero-order valence-corrected chi connectivity index (χ0v) is 28.3. The number of thioether (sulfide) groups is 1. The number of rotatable bonds is 12. The normalized spacial score (nSPS) is 22.1. The van der Waals surface area contributed by atoms with Crippen LogP contribution < -0.4 is 10.1 Å². The maximum atomic E-state index is 13.9. The minimum absolute atomic E-state index is 0.00442. The van der Waals surface area contributed by atoms with Crippen LogP contribution in [0.3, 0.4) is 0 Å². The summed E-state index contributed by atoms with van der Waals surface area (Å²) in [5.74, 6) is 0.00776. The van der Waals surface area contributed by atoms with Crippen LogP contribution in [0, 0.1) is 16.7 Å². The van der Waals surface area contributed by atoms with Crippen molar-refractivity contribution in [2.75, 3.05) is 19.4 Å². The molecule has 2 fully saturated rings. The van der Waals surface area contributed by atoms with Gasteiger partial charge in [0.2, 0.25) is 11.8 Å². The van der Waals surface area contributed by atoms with Crippen LogP contribution in [-0.4, -0.2) is 65.4 Å². The first-order valence-corrected chi connectivity index (χ1v) is 17.2. The lowest BCUT2D eigenvalue weighted by atomic mass is 9.66. The third-order valence-electron chi connectivity index (χ3n) is 9.76. The van der Waals surface area contributed by atoms with Crippen molar-refractivity contribution in [1.29, 1.82) is 0 Å². The smallest absolute Gasteiger partial charge is 0.329 e. The zero-order chi connectivity index (χ0) is 32.1. The number of carbonyl (C=O) groups is 3. The highest BCUT2D eigenvalue weighted by molar-refractivity contribution is 8.01. The molecule has 8 nitrogen and oxygen atoms in total. The van der Waals surface area contributed by atoms with Crippen molar-refractivity contribution in [2.24, 2.45) is 16.7 Å². The van der Waals surface area contributed by atoms with Gasteiger partial charge < -0.3 is 24.8 Å². The van der Waals surface area contributed by atoms with Crippen molar-refractivity contribution in [2.45, 2.75) is 89.1 Å². The van der Waals surface area contributed by atoms with Crippen molar-refractivity contribution in [3.8, 4) is 11.5 Å². The van der Waals surface area contributed by atoms with E-state index in [0.29, 0.717) is 42.4 Å². The Labute approximate surface area is 269 Å². The molecule has 10 heteroatoms. The van der Waals surface area contributed by atoms with E-state index < -0.39 is 18.0 Å². The first-order chi connectivity index (χ1) is 20.8. The highest BCUT2D eigenvalue weighted by Gasteiger charge is 2.49. The predicted molar refractivity (Wildman–Crippen MR) is 176 cm³/mol. The minimum atomic E-state index is -0.832. The number of nitrogens with zero attached hydrogens (tertiary/aromatic N) is 1. The summed E-state index contributed by atoms with van der Waals surface area (Å²) in [6.07, 6.45) is 7.02. The van der Waals surface area contributed by atoms with E-state index in [4.69, 9.17) is 9.47 Å². The Kier molecular flexibility index (Phi) is 11.1. The number of nitrogens with one attached hydrogen (secondary N) is 1. The largest absolute Gasteiger partial charge is 0.504 e. The number of phenolic OH excluding ortho intramolecular Hbond substituents is 1. The fraction of sp³-hybridized carbons (Fsp3) is 0.559. The second-order valence-corrected chi connectivity index (χ2v) is 15.4. The Morgan fingerprint density at radius 2 is 1.98 bits per heavy atom. The maximum absolute atomic E-state index is 13.9. The van der Waals surface area contributed by atoms with Crippen LogP contribution in [0.25, 0.3) is 6.08 Å². The van der Waals surface area contributed by atoms with Gasteiger partial charge in [-0.25, -0.2) is 4.79 Å². The number of methoxy groups -OCH3 is 1. The molecule has 1 saturated heterocycles. The average Bonchev–Trinajstić information content (AvgIpc) is 3.72. The molecular formula is C34H46N2O6S2. The summed E-state index contributed by atoms with van der Waals surface area (Å²) in [5, 5.41) is 14.7. The average molecular weight is 643 g/mol. The van der Waals surface area contributed by atoms with Crippen LogP contribution in [0.5, 0.6) is 11.5 Å². The van der Waals surface area contributed by atoms with E-state index in [9.17, 15) is 19.5 Å². The summed E-state index contributed by atoms with van der Waals surface area (Å²) < 4.78 is 12.1. The summed E-state index contributed by atoms with van der Waals surface area (Å²) in [6.45, 7) is 11.7. The van der Waals surface area contributed by atoms with E-state index in [2.05, 4.69) is 33.0 Å². The van der Waals surface area contributed by atoms with Gasteiger partial charge in [0.25, 0.3) is 0 Å². The third kappa shape index (κ3) is 7.99. The molecule has 0 radical (unpaired) electrons. The van der Waals surface area contributed by atoms with Crippen LogP contribution >= 0.6 is 23.1 Å². The molecule has 2 heterocycles. The first kappa shape index (κ1) is 33.9. The van der Waals surface area contributed by atoms with Crippen LogP contribution in [0.15, 0.2) is 46.0 Å². The van der Waals surface area contributed by atoms with Gasteiger partial charge in [0, 0.05) is 18.4 Å². The maximum Gasteiger partial charge on any atom is 0.329 e. The Balaban J connectivity index is 1.42. The van der Waals surface area contributed by atoms with Crippen molar-refractivity contribution >= 4 is 47.0 Å². The molecule has 0 bridgehead atoms. The van der Waals surface area contributed by atoms with Gasteiger partial charge in [0.15, 0.2) is 11.5 Å². The molecule has 1 aromatic carbocycles. The molecule has 44 heavy (non-hydrogen) atoms. The summed E-state index contributed by atoms with van der Waals surface area (Å²) in [5.41, 5.74) is 1.05. The van der Waals surface area contributed by atoms with E-state index in [1.807, 2.05) is 24.4 Å². The molecule has 4 rings (SSSR count). The van der Waals surface area contributed by atoms with E-state index in [1.54, 1.807) is 34.4 Å². The topological polar surface area (TPSA) is 105 Å². The Morgan fingerprint density at radius 3 is 2.64 bits per heavy atom. The number of carbonyl (C=O) groups excluding carboxylic acids is 3. The zero-order valence-electron chi connectivity index (χ0n) is 26.6. The molecular weight excluding hydrogens is 597 g/mol. The Bertz CT molecular complexity index is 1340. The summed E-state index contributed by atoms with van der Waals surface area (Å²) in [4.78, 5) is 41.9. The number of hydrogen-bond donors (Lipinski definition) is 2. The van der Waals surface area contributed by atoms with E-state index in [1.165, 1.54) is 31.0 Å². The number of aromatic hydroxyl groups is 1. The minimum Gasteiger partial charge on any atom is -0.504 e. The van der Waals surface area contributed by atoms with Gasteiger partial charge in [-0.1, -0.05) is 39.8 Å². The molecule has 2 N–H and O–H groups in total. The molecule has 2 amide bonds. The van der Waals surface area contributed by atoms with Gasteiger partial charge in [-0.2, -0.15) is 0 Å². The van der Waals surface area contributed by atoms with E-state index >= 15 is 0 Å². The Morgan fingerprint density at radius 1 is 1.20 bits per heavy atom. The van der Waals surface area contributed by atoms with Crippen LogP contribution in [0.4, 0.5) is 0 Å². The molecule has 1 aliphatic heterocycles. The molecule has 1 saturated carbocycles. The lowest BCUT2D eigenvalue weighted by Crippen LogP contribution is -2.53. The molecule has 240 valence electrons. The fourth-order valence-electron chi connectivity index (χ4n) is 6.26. The molecule has 4 atom stereocenters. The molecule has 1 aromatic heterocycles. The quantitative estimate of drug-likeness (QED) is 0.154. The number of benzene rings is 1. The van der Waals surface area contributed by atoms with Crippen molar-refractivity contribution in [1.82, 2.24) is 10.2 Å². The standard InChI is InChI=1S/C34H46N2O6S2/c1-22(19-24-15-16-33(2,3)34(24,4)5)42-32(40)26-9-7-17-36(26)31(39)25(21-44-30-10-8-18-43-30)35-29(38)14-12-23-11-13-27(37)28(20-23)41-6/h8,10-14,18,20,22,24-26,37H,7,9,15-17,19,21H2,1-6H3,(H,35,38)/b14-12+. The predicted octanol–water partition coefficient (Wildman–Crippen LogP) is 6.53. The lowest BCUT2D eigenvalue weighted by molar-refractivity contribution is -0.158. The summed E-state index contributed by atoms with van der Waals surface area (Å²) >= 11 is 3.06. The van der Waals surface area contributed by atoms with Crippen LogP contribution in [0.2, 0.25) is 0 Å². The monoisotopic (exact) mass is 642 g/mol. The highest BCUT2D eigenvalue weighted by Crippen LogP contribution is 2.57. The van der Waals surface area contributed by atoms with Gasteiger partial charge >= 0.3 is 5.97 Å². The van der Waals surface area contributed by atoms with E-state index in [-0.39, 0.29) is 34.6 Å². The SMILES string of the molecule is COc1cc(/C=C/C(=O)NC(CSc2cccs2)C(=O)N2CCCC2C(=O)OC(C)CC2CCC(C)(C)C2(C)C)ccc1O. The highest BCUT2D eigenvalue weighted by atomic mass is 32.2. The van der Waals surface area contributed by atoms with Gasteiger partial charge in [-0.15, -0.1) is 23.1 Å². The second-order valence-electron chi connectivity index (χ2n) is 13.1. The second kappa shape index (κ2) is 14.4. The molecule has 2 aliphatic rings. The van der Waals surface area contributed by atoms with Gasteiger partial charge in [0.05, 0.1) is 17.4 Å². The van der Waals surface area contributed by atoms with Crippen molar-refractivity contribution < 1.29 is 29.0 Å². The van der Waals surface area contributed by atoms with E-state index in [0.717, 1.165) is 23.5 Å². The number of likely N-dealkylation sites (tertiary alicyclic amines) is 1.